The predicted octanol–water partition coefficient (Wildman–Crippen LogP) is 1.30. The summed E-state index contributed by atoms with van der Waals surface area (Å²) in [6, 6.07) is 13.1. The van der Waals surface area contributed by atoms with Gasteiger partial charge in [0, 0.05) is 18.5 Å². The number of nitrogens with two attached hydrogens (primary N) is 2. The van der Waals surface area contributed by atoms with Crippen LogP contribution in [0.2, 0.25) is 0 Å². The van der Waals surface area contributed by atoms with Gasteiger partial charge in [-0.1, -0.05) is 37.3 Å². The summed E-state index contributed by atoms with van der Waals surface area (Å²) < 4.78 is 10.2. The zero-order valence-electron chi connectivity index (χ0n) is 14.0. The third-order valence-electron chi connectivity index (χ3n) is 3.39. The van der Waals surface area contributed by atoms with Crippen molar-refractivity contribution in [1.82, 2.24) is 4.98 Å². The molecular weight excluding hydrogens is 322 g/mol. The number of hydrogen-bond donors (Lipinski definition) is 2. The summed E-state index contributed by atoms with van der Waals surface area (Å²) in [5.74, 6) is -1.08. The summed E-state index contributed by atoms with van der Waals surface area (Å²) in [5.41, 5.74) is 11.2. The summed E-state index contributed by atoms with van der Waals surface area (Å²) in [7, 11) is 0. The Morgan fingerprint density at radius 2 is 1.84 bits per heavy atom. The molecule has 0 fully saturated rings. The smallest absolute Gasteiger partial charge is 0.348 e. The summed E-state index contributed by atoms with van der Waals surface area (Å²) in [6.45, 7) is 1.99. The molecular formula is C18H21N3O4. The van der Waals surface area contributed by atoms with Crippen molar-refractivity contribution in [1.29, 1.82) is 0 Å². The van der Waals surface area contributed by atoms with Crippen molar-refractivity contribution < 1.29 is 19.1 Å². The molecule has 0 saturated heterocycles. The van der Waals surface area contributed by atoms with Crippen molar-refractivity contribution in [3.63, 3.8) is 0 Å². The van der Waals surface area contributed by atoms with E-state index in [1.165, 1.54) is 6.20 Å². The van der Waals surface area contributed by atoms with Crippen molar-refractivity contribution in [3.8, 4) is 5.75 Å². The minimum Gasteiger partial charge on any atom is -0.487 e. The zero-order valence-corrected chi connectivity index (χ0v) is 14.0. The molecule has 0 spiro atoms. The van der Waals surface area contributed by atoms with E-state index in [1.807, 2.05) is 30.3 Å². The van der Waals surface area contributed by atoms with Gasteiger partial charge in [-0.3, -0.25) is 9.78 Å². The van der Waals surface area contributed by atoms with E-state index in [-0.39, 0.29) is 12.8 Å². The van der Waals surface area contributed by atoms with E-state index in [1.54, 1.807) is 19.1 Å². The number of pyridine rings is 1. The molecule has 1 heterocycles. The average molecular weight is 343 g/mol. The van der Waals surface area contributed by atoms with Crippen LogP contribution in [0.15, 0.2) is 48.7 Å². The van der Waals surface area contributed by atoms with E-state index >= 15 is 0 Å². The highest BCUT2D eigenvalue weighted by Crippen LogP contribution is 2.14. The number of hydrogen-bond acceptors (Lipinski definition) is 7. The van der Waals surface area contributed by atoms with Gasteiger partial charge >= 0.3 is 11.9 Å². The Morgan fingerprint density at radius 1 is 1.12 bits per heavy atom. The van der Waals surface area contributed by atoms with Crippen molar-refractivity contribution >= 4 is 11.9 Å². The molecule has 0 amide bonds. The highest BCUT2D eigenvalue weighted by Gasteiger charge is 2.33. The van der Waals surface area contributed by atoms with Gasteiger partial charge in [0.1, 0.15) is 12.4 Å². The van der Waals surface area contributed by atoms with Crippen LogP contribution < -0.4 is 16.2 Å². The van der Waals surface area contributed by atoms with Crippen LogP contribution in [0.1, 0.15) is 24.6 Å². The van der Waals surface area contributed by atoms with Crippen LogP contribution in [0.5, 0.6) is 5.75 Å². The monoisotopic (exact) mass is 343 g/mol. The van der Waals surface area contributed by atoms with E-state index < -0.39 is 17.6 Å². The fourth-order valence-electron chi connectivity index (χ4n) is 1.98. The molecule has 2 rings (SSSR count). The maximum atomic E-state index is 11.8. The Hall–Kier alpha value is -2.77. The average Bonchev–Trinajstić information content (AvgIpc) is 2.61. The Kier molecular flexibility index (Phi) is 6.21. The van der Waals surface area contributed by atoms with Gasteiger partial charge < -0.3 is 20.9 Å². The zero-order chi connectivity index (χ0) is 18.3. The molecule has 0 bridgehead atoms. The number of carbonyl (C=O) groups is 2. The standard InChI is InChI=1S/C18H21N3O4/c1-2-16(22)25-17(23)18(19,20)10-14-8-9-15(11-21-14)24-12-13-6-4-3-5-7-13/h3-9,11H,2,10,12,19-20H2,1H3. The molecule has 0 aliphatic heterocycles. The number of aromatic nitrogens is 1. The second kappa shape index (κ2) is 8.36. The van der Waals surface area contributed by atoms with Crippen LogP contribution in [-0.4, -0.2) is 22.6 Å². The third kappa shape index (κ3) is 5.66. The first kappa shape index (κ1) is 18.6. The van der Waals surface area contributed by atoms with Gasteiger partial charge in [0.25, 0.3) is 0 Å². The second-order valence-corrected chi connectivity index (χ2v) is 5.59. The van der Waals surface area contributed by atoms with Crippen LogP contribution >= 0.6 is 0 Å². The van der Waals surface area contributed by atoms with Crippen molar-refractivity contribution in [2.75, 3.05) is 0 Å². The van der Waals surface area contributed by atoms with E-state index in [9.17, 15) is 9.59 Å². The Bertz CT molecular complexity index is 715. The van der Waals surface area contributed by atoms with Gasteiger partial charge in [-0.25, -0.2) is 4.79 Å². The van der Waals surface area contributed by atoms with Crippen LogP contribution in [0.4, 0.5) is 0 Å². The number of ether oxygens (including phenoxy) is 2. The van der Waals surface area contributed by atoms with Crippen LogP contribution in [0.25, 0.3) is 0 Å². The molecule has 132 valence electrons. The molecule has 1 aromatic carbocycles. The topological polar surface area (TPSA) is 118 Å². The summed E-state index contributed by atoms with van der Waals surface area (Å²) in [6.07, 6.45) is 1.52. The van der Waals surface area contributed by atoms with Crippen LogP contribution in [0, 0.1) is 0 Å². The molecule has 0 saturated carbocycles. The van der Waals surface area contributed by atoms with Gasteiger partial charge in [-0.2, -0.15) is 0 Å². The maximum absolute atomic E-state index is 11.8. The number of carbonyl (C=O) groups excluding carboxylic acids is 2. The van der Waals surface area contributed by atoms with Crippen molar-refractivity contribution in [3.05, 3.63) is 59.9 Å². The van der Waals surface area contributed by atoms with Gasteiger partial charge in [0.2, 0.25) is 0 Å². The maximum Gasteiger partial charge on any atom is 0.348 e. The summed E-state index contributed by atoms with van der Waals surface area (Å²) in [4.78, 5) is 27.2. The number of esters is 2. The number of nitrogens with zero attached hydrogens (tertiary/aromatic N) is 1. The summed E-state index contributed by atoms with van der Waals surface area (Å²) >= 11 is 0. The summed E-state index contributed by atoms with van der Waals surface area (Å²) in [5, 5.41) is 0. The minimum absolute atomic E-state index is 0.0630. The quantitative estimate of drug-likeness (QED) is 0.442. The molecule has 0 aliphatic carbocycles. The van der Waals surface area contributed by atoms with Crippen molar-refractivity contribution in [2.24, 2.45) is 11.5 Å². The lowest BCUT2D eigenvalue weighted by atomic mass is 10.1. The van der Waals surface area contributed by atoms with Gasteiger partial charge in [0.15, 0.2) is 5.66 Å². The first-order chi connectivity index (χ1) is 11.9. The molecule has 4 N–H and O–H groups in total. The molecule has 2 aromatic rings. The van der Waals surface area contributed by atoms with Gasteiger partial charge in [-0.15, -0.1) is 0 Å². The molecule has 1 aromatic heterocycles. The Balaban J connectivity index is 1.92. The van der Waals surface area contributed by atoms with Gasteiger partial charge in [0.05, 0.1) is 6.20 Å². The van der Waals surface area contributed by atoms with E-state index in [2.05, 4.69) is 9.72 Å². The lowest BCUT2D eigenvalue weighted by Crippen LogP contribution is -2.59. The van der Waals surface area contributed by atoms with E-state index in [0.29, 0.717) is 18.1 Å². The van der Waals surface area contributed by atoms with E-state index in [0.717, 1.165) is 5.56 Å². The highest BCUT2D eigenvalue weighted by atomic mass is 16.6. The Labute approximate surface area is 145 Å². The van der Waals surface area contributed by atoms with Gasteiger partial charge in [-0.05, 0) is 17.7 Å². The fourth-order valence-corrected chi connectivity index (χ4v) is 1.98. The first-order valence-corrected chi connectivity index (χ1v) is 7.85. The predicted molar refractivity (Wildman–Crippen MR) is 91.2 cm³/mol. The lowest BCUT2D eigenvalue weighted by Gasteiger charge is -2.21. The molecule has 0 aliphatic rings. The number of rotatable bonds is 7. The normalized spacial score (nSPS) is 11.0. The van der Waals surface area contributed by atoms with Crippen molar-refractivity contribution in [2.45, 2.75) is 32.0 Å². The first-order valence-electron chi connectivity index (χ1n) is 7.85. The molecule has 0 radical (unpaired) electrons. The van der Waals surface area contributed by atoms with E-state index in [4.69, 9.17) is 16.2 Å². The highest BCUT2D eigenvalue weighted by molar-refractivity contribution is 5.90. The SMILES string of the molecule is CCC(=O)OC(=O)C(N)(N)Cc1ccc(OCc2ccccc2)cn1. The molecule has 7 nitrogen and oxygen atoms in total. The van der Waals surface area contributed by atoms with Crippen LogP contribution in [0.3, 0.4) is 0 Å². The van der Waals surface area contributed by atoms with Crippen LogP contribution in [-0.2, 0) is 27.4 Å². The molecule has 25 heavy (non-hydrogen) atoms. The fraction of sp³-hybridized carbons (Fsp3) is 0.278. The Morgan fingerprint density at radius 3 is 2.44 bits per heavy atom. The third-order valence-corrected chi connectivity index (χ3v) is 3.39. The molecule has 7 heteroatoms. The lowest BCUT2D eigenvalue weighted by molar-refractivity contribution is -0.163. The number of benzene rings is 1. The largest absolute Gasteiger partial charge is 0.487 e. The molecule has 0 unspecified atom stereocenters. The second-order valence-electron chi connectivity index (χ2n) is 5.59. The molecule has 0 atom stereocenters. The minimum atomic E-state index is -1.83.